The second-order valence-electron chi connectivity index (χ2n) is 5.98. The Morgan fingerprint density at radius 3 is 2.75 bits per heavy atom. The Morgan fingerprint density at radius 1 is 1.15 bits per heavy atom. The molecule has 0 aliphatic heterocycles. The Balaban J connectivity index is 1.83. The van der Waals surface area contributed by atoms with E-state index in [4.69, 9.17) is 0 Å². The molecule has 20 heavy (non-hydrogen) atoms. The summed E-state index contributed by atoms with van der Waals surface area (Å²) in [5.74, 6) is 2.46. The molecule has 1 N–H and O–H groups in total. The van der Waals surface area contributed by atoms with Gasteiger partial charge in [0.05, 0.1) is 0 Å². The lowest BCUT2D eigenvalue weighted by atomic mass is 9.78. The monoisotopic (exact) mass is 269 g/mol. The molecule has 0 saturated heterocycles. The van der Waals surface area contributed by atoms with Gasteiger partial charge < -0.3 is 9.88 Å². The quantitative estimate of drug-likeness (QED) is 0.880. The van der Waals surface area contributed by atoms with Gasteiger partial charge in [0.15, 0.2) is 0 Å². The molecule has 3 nitrogen and oxygen atoms in total. The summed E-state index contributed by atoms with van der Waals surface area (Å²) >= 11 is 0. The zero-order chi connectivity index (χ0) is 13.9. The van der Waals surface area contributed by atoms with E-state index < -0.39 is 0 Å². The first-order chi connectivity index (χ1) is 9.75. The molecule has 106 valence electrons. The third kappa shape index (κ3) is 2.58. The zero-order valence-corrected chi connectivity index (χ0v) is 12.3. The minimum atomic E-state index is 0.562. The van der Waals surface area contributed by atoms with E-state index in [1.165, 1.54) is 19.3 Å². The van der Waals surface area contributed by atoms with E-state index in [9.17, 15) is 0 Å². The van der Waals surface area contributed by atoms with Gasteiger partial charge in [0.1, 0.15) is 0 Å². The van der Waals surface area contributed by atoms with Crippen molar-refractivity contribution < 1.29 is 0 Å². The van der Waals surface area contributed by atoms with Crippen LogP contribution in [0.2, 0.25) is 0 Å². The van der Waals surface area contributed by atoms with Crippen LogP contribution in [0.5, 0.6) is 0 Å². The Hall–Kier alpha value is -1.77. The average Bonchev–Trinajstić information content (AvgIpc) is 2.91. The summed E-state index contributed by atoms with van der Waals surface area (Å²) in [5, 5.41) is 3.44. The molecule has 0 bridgehead atoms. The van der Waals surface area contributed by atoms with E-state index >= 15 is 0 Å². The Labute approximate surface area is 121 Å². The highest BCUT2D eigenvalue weighted by Gasteiger charge is 2.29. The highest BCUT2D eigenvalue weighted by atomic mass is 15.2. The van der Waals surface area contributed by atoms with Crippen molar-refractivity contribution >= 4 is 11.6 Å². The maximum atomic E-state index is 4.50. The predicted octanol–water partition coefficient (Wildman–Crippen LogP) is 4.62. The zero-order valence-electron chi connectivity index (χ0n) is 12.3. The van der Waals surface area contributed by atoms with E-state index in [1.807, 2.05) is 24.4 Å². The number of hydrogen-bond acceptors (Lipinski definition) is 2. The molecule has 2 aromatic rings. The molecular formula is C17H23N3. The molecule has 3 unspecified atom stereocenters. The van der Waals surface area contributed by atoms with Crippen molar-refractivity contribution in [2.45, 2.75) is 39.2 Å². The first kappa shape index (κ1) is 13.2. The van der Waals surface area contributed by atoms with Gasteiger partial charge in [-0.1, -0.05) is 44.9 Å². The number of rotatable bonds is 3. The Bertz CT molecular complexity index is 546. The molecule has 1 saturated carbocycles. The van der Waals surface area contributed by atoms with Crippen molar-refractivity contribution in [3.8, 4) is 0 Å². The molecule has 1 aliphatic rings. The molecule has 0 amide bonds. The smallest absolute Gasteiger partial charge is 0.207 e. The van der Waals surface area contributed by atoms with Crippen LogP contribution in [-0.2, 0) is 0 Å². The van der Waals surface area contributed by atoms with E-state index in [-0.39, 0.29) is 0 Å². The summed E-state index contributed by atoms with van der Waals surface area (Å²) in [5.41, 5.74) is 1.09. The summed E-state index contributed by atoms with van der Waals surface area (Å²) in [7, 11) is 0. The maximum Gasteiger partial charge on any atom is 0.207 e. The van der Waals surface area contributed by atoms with Crippen LogP contribution in [0.1, 0.15) is 39.2 Å². The van der Waals surface area contributed by atoms with Gasteiger partial charge in [-0.25, -0.2) is 4.98 Å². The van der Waals surface area contributed by atoms with Gasteiger partial charge >= 0.3 is 0 Å². The molecule has 0 radical (unpaired) electrons. The first-order valence-electron chi connectivity index (χ1n) is 7.60. The molecule has 1 fully saturated rings. The second-order valence-corrected chi connectivity index (χ2v) is 5.98. The van der Waals surface area contributed by atoms with Gasteiger partial charge in [-0.3, -0.25) is 0 Å². The third-order valence-corrected chi connectivity index (χ3v) is 4.72. The first-order valence-corrected chi connectivity index (χ1v) is 7.60. The molecule has 3 atom stereocenters. The lowest BCUT2D eigenvalue weighted by molar-refractivity contribution is 0.188. The molecular weight excluding hydrogens is 246 g/mol. The molecule has 0 spiro atoms. The van der Waals surface area contributed by atoms with Gasteiger partial charge in [-0.05, 0) is 30.4 Å². The molecule has 3 rings (SSSR count). The molecule has 1 heterocycles. The average molecular weight is 269 g/mol. The number of para-hydroxylation sites is 1. The van der Waals surface area contributed by atoms with Crippen LogP contribution in [0, 0.1) is 11.8 Å². The van der Waals surface area contributed by atoms with Gasteiger partial charge in [0.25, 0.3) is 0 Å². The third-order valence-electron chi connectivity index (χ3n) is 4.72. The lowest BCUT2D eigenvalue weighted by Gasteiger charge is -2.35. The van der Waals surface area contributed by atoms with Gasteiger partial charge in [0, 0.05) is 24.1 Å². The Morgan fingerprint density at radius 2 is 1.95 bits per heavy atom. The number of aromatic nitrogens is 2. The lowest BCUT2D eigenvalue weighted by Crippen LogP contribution is -2.27. The van der Waals surface area contributed by atoms with Crippen molar-refractivity contribution in [2.75, 3.05) is 5.32 Å². The predicted molar refractivity (Wildman–Crippen MR) is 83.2 cm³/mol. The van der Waals surface area contributed by atoms with Crippen LogP contribution in [0.25, 0.3) is 0 Å². The van der Waals surface area contributed by atoms with E-state index in [0.29, 0.717) is 12.0 Å². The van der Waals surface area contributed by atoms with Crippen molar-refractivity contribution in [3.05, 3.63) is 42.7 Å². The fraction of sp³-hybridized carbons (Fsp3) is 0.471. The molecule has 3 heteroatoms. The number of imidazole rings is 1. The van der Waals surface area contributed by atoms with Crippen molar-refractivity contribution in [2.24, 2.45) is 11.8 Å². The van der Waals surface area contributed by atoms with Crippen molar-refractivity contribution in [1.29, 1.82) is 0 Å². The molecule has 1 aromatic heterocycles. The number of anilines is 2. The number of benzene rings is 1. The highest BCUT2D eigenvalue weighted by Crippen LogP contribution is 2.39. The minimum absolute atomic E-state index is 0.562. The topological polar surface area (TPSA) is 29.9 Å². The van der Waals surface area contributed by atoms with E-state index in [0.717, 1.165) is 17.6 Å². The molecule has 1 aliphatic carbocycles. The normalized spacial score (nSPS) is 26.4. The van der Waals surface area contributed by atoms with Crippen molar-refractivity contribution in [3.63, 3.8) is 0 Å². The minimum Gasteiger partial charge on any atom is -0.326 e. The number of nitrogens with zero attached hydrogens (tertiary/aromatic N) is 2. The summed E-state index contributed by atoms with van der Waals surface area (Å²) < 4.78 is 2.33. The van der Waals surface area contributed by atoms with Crippen LogP contribution in [0.15, 0.2) is 42.7 Å². The number of nitrogens with one attached hydrogen (secondary N) is 1. The standard InChI is InChI=1S/C17H23N3/c1-13-7-6-10-16(14(13)2)20-12-11-18-17(20)19-15-8-4-3-5-9-15/h3-5,8-9,11-14,16H,6-7,10H2,1-2H3,(H,18,19). The Kier molecular flexibility index (Phi) is 3.77. The highest BCUT2D eigenvalue weighted by molar-refractivity contribution is 5.53. The van der Waals surface area contributed by atoms with Crippen molar-refractivity contribution in [1.82, 2.24) is 9.55 Å². The fourth-order valence-corrected chi connectivity index (χ4v) is 3.27. The summed E-state index contributed by atoms with van der Waals surface area (Å²) in [6, 6.07) is 10.8. The van der Waals surface area contributed by atoms with E-state index in [1.54, 1.807) is 0 Å². The van der Waals surface area contributed by atoms with Gasteiger partial charge in [-0.15, -0.1) is 0 Å². The largest absolute Gasteiger partial charge is 0.326 e. The van der Waals surface area contributed by atoms with Crippen LogP contribution >= 0.6 is 0 Å². The summed E-state index contributed by atoms with van der Waals surface area (Å²) in [6.07, 6.45) is 7.94. The van der Waals surface area contributed by atoms with Gasteiger partial charge in [-0.2, -0.15) is 0 Å². The second kappa shape index (κ2) is 5.70. The van der Waals surface area contributed by atoms with Gasteiger partial charge in [0.2, 0.25) is 5.95 Å². The summed E-state index contributed by atoms with van der Waals surface area (Å²) in [4.78, 5) is 4.50. The van der Waals surface area contributed by atoms with Crippen LogP contribution in [-0.4, -0.2) is 9.55 Å². The van der Waals surface area contributed by atoms with E-state index in [2.05, 4.69) is 47.0 Å². The van der Waals surface area contributed by atoms with Crippen LogP contribution in [0.4, 0.5) is 11.6 Å². The number of hydrogen-bond donors (Lipinski definition) is 1. The summed E-state index contributed by atoms with van der Waals surface area (Å²) in [6.45, 7) is 4.75. The maximum absolute atomic E-state index is 4.50. The SMILES string of the molecule is CC1CCCC(n2ccnc2Nc2ccccc2)C1C. The van der Waals surface area contributed by atoms with Crippen LogP contribution < -0.4 is 5.32 Å². The van der Waals surface area contributed by atoms with Crippen LogP contribution in [0.3, 0.4) is 0 Å². The fourth-order valence-electron chi connectivity index (χ4n) is 3.27. The molecule has 1 aromatic carbocycles.